The first-order valence-corrected chi connectivity index (χ1v) is 12.0. The molecule has 4 rings (SSSR count). The van der Waals surface area contributed by atoms with Crippen molar-refractivity contribution < 1.29 is 4.79 Å². The summed E-state index contributed by atoms with van der Waals surface area (Å²) < 4.78 is 3.58. The second-order valence-corrected chi connectivity index (χ2v) is 9.02. The normalized spacial score (nSPS) is 11.2. The van der Waals surface area contributed by atoms with Crippen molar-refractivity contribution in [2.75, 3.05) is 30.1 Å². The van der Waals surface area contributed by atoms with Crippen LogP contribution in [0, 0.1) is 0 Å². The third kappa shape index (κ3) is 4.88. The molecule has 4 aromatic rings. The van der Waals surface area contributed by atoms with Gasteiger partial charge < -0.3 is 10.2 Å². The lowest BCUT2D eigenvalue weighted by Gasteiger charge is -2.13. The molecule has 2 heterocycles. The lowest BCUT2D eigenvalue weighted by Crippen LogP contribution is -2.23. The van der Waals surface area contributed by atoms with Gasteiger partial charge in [-0.2, -0.15) is 0 Å². The van der Waals surface area contributed by atoms with Crippen molar-refractivity contribution in [3.05, 3.63) is 58.9 Å². The summed E-state index contributed by atoms with van der Waals surface area (Å²) in [4.78, 5) is 27.7. The van der Waals surface area contributed by atoms with Crippen LogP contribution in [0.15, 0.2) is 58.5 Å². The summed E-state index contributed by atoms with van der Waals surface area (Å²) in [5.74, 6) is 0.561. The Labute approximate surface area is 196 Å². The van der Waals surface area contributed by atoms with Crippen molar-refractivity contribution >= 4 is 45.7 Å². The summed E-state index contributed by atoms with van der Waals surface area (Å²) in [6, 6.07) is 15.1. The molecule has 0 radical (unpaired) electrons. The third-order valence-electron chi connectivity index (χ3n) is 5.46. The lowest BCUT2D eigenvalue weighted by molar-refractivity contribution is -0.113. The van der Waals surface area contributed by atoms with Crippen LogP contribution >= 0.6 is 11.8 Å². The first-order valence-electron chi connectivity index (χ1n) is 11.1. The Morgan fingerprint density at radius 2 is 1.82 bits per heavy atom. The summed E-state index contributed by atoms with van der Waals surface area (Å²) in [6.07, 6.45) is 3.00. The summed E-state index contributed by atoms with van der Waals surface area (Å²) in [5, 5.41) is 12.8. The highest BCUT2D eigenvalue weighted by atomic mass is 32.2. The highest BCUT2D eigenvalue weighted by molar-refractivity contribution is 7.99. The van der Waals surface area contributed by atoms with Gasteiger partial charge in [0.1, 0.15) is 0 Å². The highest BCUT2D eigenvalue weighted by Gasteiger charge is 2.17. The Bertz CT molecular complexity index is 1330. The lowest BCUT2D eigenvalue weighted by atomic mass is 10.2. The Hall–Kier alpha value is -3.33. The number of hydrogen-bond acceptors (Lipinski definition) is 6. The molecule has 2 aromatic carbocycles. The van der Waals surface area contributed by atoms with Crippen LogP contribution < -0.4 is 15.8 Å². The minimum atomic E-state index is -0.130. The molecule has 0 atom stereocenters. The maximum atomic E-state index is 13.1. The van der Waals surface area contributed by atoms with Gasteiger partial charge in [0.05, 0.1) is 16.7 Å². The van der Waals surface area contributed by atoms with Gasteiger partial charge in [0.25, 0.3) is 5.56 Å². The van der Waals surface area contributed by atoms with E-state index in [1.54, 1.807) is 4.57 Å². The van der Waals surface area contributed by atoms with Gasteiger partial charge in [-0.15, -0.1) is 10.2 Å². The van der Waals surface area contributed by atoms with E-state index < -0.39 is 0 Å². The van der Waals surface area contributed by atoms with E-state index in [0.29, 0.717) is 22.9 Å². The summed E-state index contributed by atoms with van der Waals surface area (Å²) in [7, 11) is 3.94. The fourth-order valence-corrected chi connectivity index (χ4v) is 4.46. The van der Waals surface area contributed by atoms with Crippen molar-refractivity contribution in [3.8, 4) is 0 Å². The van der Waals surface area contributed by atoms with Crippen molar-refractivity contribution in [2.24, 2.45) is 0 Å². The number of carbonyl (C=O) groups is 1. The van der Waals surface area contributed by atoms with Crippen LogP contribution in [-0.4, -0.2) is 44.9 Å². The monoisotopic (exact) mass is 464 g/mol. The Morgan fingerprint density at radius 3 is 2.55 bits per heavy atom. The van der Waals surface area contributed by atoms with Gasteiger partial charge in [-0.3, -0.25) is 18.6 Å². The number of rotatable bonds is 9. The molecule has 0 aliphatic heterocycles. The molecule has 172 valence electrons. The Balaban J connectivity index is 1.58. The zero-order valence-electron chi connectivity index (χ0n) is 19.1. The quantitative estimate of drug-likeness (QED) is 0.297. The molecule has 0 spiro atoms. The van der Waals surface area contributed by atoms with Crippen LogP contribution in [0.1, 0.15) is 26.2 Å². The summed E-state index contributed by atoms with van der Waals surface area (Å²) in [6.45, 7) is 2.72. The highest BCUT2D eigenvalue weighted by Crippen LogP contribution is 2.22. The topological polar surface area (TPSA) is 84.5 Å². The van der Waals surface area contributed by atoms with Gasteiger partial charge in [0.2, 0.25) is 11.7 Å². The second-order valence-electron chi connectivity index (χ2n) is 8.08. The molecular formula is C24H28N6O2S. The van der Waals surface area contributed by atoms with Gasteiger partial charge in [0.15, 0.2) is 5.16 Å². The maximum absolute atomic E-state index is 13.1. The molecule has 9 heteroatoms. The van der Waals surface area contributed by atoms with E-state index in [9.17, 15) is 9.59 Å². The zero-order chi connectivity index (χ0) is 23.4. The molecule has 0 fully saturated rings. The van der Waals surface area contributed by atoms with Crippen molar-refractivity contribution in [2.45, 2.75) is 37.9 Å². The smallest absolute Gasteiger partial charge is 0.262 e. The summed E-state index contributed by atoms with van der Waals surface area (Å²) in [5.41, 5.74) is 2.50. The van der Waals surface area contributed by atoms with E-state index in [4.69, 9.17) is 0 Å². The molecule has 0 saturated heterocycles. The number of nitrogens with zero attached hydrogens (tertiary/aromatic N) is 5. The number of hydrogen-bond donors (Lipinski definition) is 1. The Morgan fingerprint density at radius 1 is 1.06 bits per heavy atom. The number of amides is 1. The van der Waals surface area contributed by atoms with Gasteiger partial charge in [-0.05, 0) is 42.8 Å². The number of unbranched alkanes of at least 4 members (excludes halogenated alkanes) is 2. The SMILES string of the molecule is CCCCCn1c(=O)c2ccccc2n2c(SCC(=O)Nc3ccc(N(C)C)cc3)nnc12. The van der Waals surface area contributed by atoms with E-state index >= 15 is 0 Å². The summed E-state index contributed by atoms with van der Waals surface area (Å²) >= 11 is 1.30. The minimum absolute atomic E-state index is 0.0583. The molecule has 8 nitrogen and oxygen atoms in total. The van der Waals surface area contributed by atoms with Crippen LogP contribution in [-0.2, 0) is 11.3 Å². The molecule has 0 saturated carbocycles. The largest absolute Gasteiger partial charge is 0.378 e. The minimum Gasteiger partial charge on any atom is -0.378 e. The Kier molecular flexibility index (Phi) is 6.98. The molecular weight excluding hydrogens is 436 g/mol. The van der Waals surface area contributed by atoms with Gasteiger partial charge >= 0.3 is 0 Å². The number of nitrogens with one attached hydrogen (secondary N) is 1. The fraction of sp³-hybridized carbons (Fsp3) is 0.333. The predicted octanol–water partition coefficient (Wildman–Crippen LogP) is 4.03. The number of para-hydroxylation sites is 1. The van der Waals surface area contributed by atoms with E-state index in [0.717, 1.165) is 36.2 Å². The van der Waals surface area contributed by atoms with Crippen LogP contribution in [0.3, 0.4) is 0 Å². The van der Waals surface area contributed by atoms with Crippen molar-refractivity contribution in [1.29, 1.82) is 0 Å². The maximum Gasteiger partial charge on any atom is 0.262 e. The van der Waals surface area contributed by atoms with E-state index in [2.05, 4.69) is 22.4 Å². The molecule has 1 amide bonds. The first-order chi connectivity index (χ1) is 16.0. The number of aryl methyl sites for hydroxylation is 1. The number of thioether (sulfide) groups is 1. The average molecular weight is 465 g/mol. The van der Waals surface area contributed by atoms with Crippen LogP contribution in [0.4, 0.5) is 11.4 Å². The van der Waals surface area contributed by atoms with Crippen molar-refractivity contribution in [1.82, 2.24) is 19.2 Å². The zero-order valence-corrected chi connectivity index (χ0v) is 19.9. The molecule has 0 aliphatic carbocycles. The van der Waals surface area contributed by atoms with Gasteiger partial charge in [-0.1, -0.05) is 43.7 Å². The molecule has 0 bridgehead atoms. The third-order valence-corrected chi connectivity index (χ3v) is 6.39. The molecule has 1 N–H and O–H groups in total. The molecule has 0 unspecified atom stereocenters. The van der Waals surface area contributed by atoms with E-state index in [-0.39, 0.29) is 17.2 Å². The van der Waals surface area contributed by atoms with Gasteiger partial charge in [0, 0.05) is 32.0 Å². The van der Waals surface area contributed by atoms with Crippen molar-refractivity contribution in [3.63, 3.8) is 0 Å². The van der Waals surface area contributed by atoms with Crippen LogP contribution in [0.5, 0.6) is 0 Å². The molecule has 0 aliphatic rings. The number of carbonyl (C=O) groups excluding carboxylic acids is 1. The number of aromatic nitrogens is 4. The number of fused-ring (bicyclic) bond motifs is 3. The second kappa shape index (κ2) is 10.1. The predicted molar refractivity (Wildman–Crippen MR) is 134 cm³/mol. The van der Waals surface area contributed by atoms with Crippen LogP contribution in [0.2, 0.25) is 0 Å². The standard InChI is InChI=1S/C24H28N6O2S/c1-4-5-8-15-29-22(32)19-9-6-7-10-20(19)30-23(29)26-27-24(30)33-16-21(31)25-17-11-13-18(14-12-17)28(2)3/h6-7,9-14H,4-5,8,15-16H2,1-3H3,(H,25,31). The molecule has 2 aromatic heterocycles. The number of benzene rings is 2. The fourth-order valence-electron chi connectivity index (χ4n) is 3.72. The van der Waals surface area contributed by atoms with E-state index in [1.165, 1.54) is 11.8 Å². The van der Waals surface area contributed by atoms with Crippen LogP contribution in [0.25, 0.3) is 16.7 Å². The first kappa shape index (κ1) is 22.8. The average Bonchev–Trinajstić information content (AvgIpc) is 3.24. The van der Waals surface area contributed by atoms with Gasteiger partial charge in [-0.25, -0.2) is 0 Å². The van der Waals surface area contributed by atoms with E-state index in [1.807, 2.05) is 71.9 Å². The molecule has 33 heavy (non-hydrogen) atoms. The number of anilines is 2.